The molecule has 1 aromatic heterocycles. The number of nitrogens with one attached hydrogen (secondary N) is 2. The van der Waals surface area contributed by atoms with Crippen molar-refractivity contribution in [3.05, 3.63) is 78.6 Å². The number of carbonyl (C=O) groups excluding carboxylic acids is 3. The van der Waals surface area contributed by atoms with Crippen LogP contribution in [-0.4, -0.2) is 65.6 Å². The summed E-state index contributed by atoms with van der Waals surface area (Å²) in [5.74, 6) is -0.223. The highest BCUT2D eigenvalue weighted by molar-refractivity contribution is 6.00. The fourth-order valence-electron chi connectivity index (χ4n) is 3.42. The molecular formula is C24H24N6O4. The SMILES string of the molecule is O=C(Nc1ccccc1)Nc1ccc(C(=O)OCC(=O)N2CCN(c3ncccn3)CC2)cc1. The van der Waals surface area contributed by atoms with E-state index in [1.807, 2.05) is 23.1 Å². The summed E-state index contributed by atoms with van der Waals surface area (Å²) in [6, 6.07) is 16.6. The second-order valence-electron chi connectivity index (χ2n) is 7.52. The van der Waals surface area contributed by atoms with Gasteiger partial charge >= 0.3 is 12.0 Å². The van der Waals surface area contributed by atoms with Gasteiger partial charge in [0.25, 0.3) is 5.91 Å². The van der Waals surface area contributed by atoms with Gasteiger partial charge in [0, 0.05) is 49.9 Å². The second kappa shape index (κ2) is 10.9. The number of rotatable bonds is 6. The molecule has 0 spiro atoms. The first-order valence-electron chi connectivity index (χ1n) is 10.8. The van der Waals surface area contributed by atoms with Gasteiger partial charge in [-0.05, 0) is 42.5 Å². The van der Waals surface area contributed by atoms with Crippen LogP contribution in [0.25, 0.3) is 0 Å². The molecule has 2 heterocycles. The van der Waals surface area contributed by atoms with E-state index in [1.165, 1.54) is 12.1 Å². The Morgan fingerprint density at radius 2 is 1.41 bits per heavy atom. The molecule has 174 valence electrons. The van der Waals surface area contributed by atoms with Crippen LogP contribution in [0, 0.1) is 0 Å². The third kappa shape index (κ3) is 6.06. The Hall–Kier alpha value is -4.47. The lowest BCUT2D eigenvalue weighted by Crippen LogP contribution is -2.50. The summed E-state index contributed by atoms with van der Waals surface area (Å²) in [7, 11) is 0. The summed E-state index contributed by atoms with van der Waals surface area (Å²) < 4.78 is 5.19. The molecule has 0 unspecified atom stereocenters. The molecule has 3 amide bonds. The van der Waals surface area contributed by atoms with Crippen LogP contribution in [0.2, 0.25) is 0 Å². The normalized spacial score (nSPS) is 13.2. The van der Waals surface area contributed by atoms with E-state index in [0.29, 0.717) is 43.5 Å². The standard InChI is InChI=1S/C24H24N6O4/c31-21(29-13-15-30(16-14-29)23-25-11-4-12-26-23)17-34-22(32)18-7-9-20(10-8-18)28-24(33)27-19-5-2-1-3-6-19/h1-12H,13-17H2,(H2,27,28,33). The molecule has 0 saturated carbocycles. The molecule has 0 aliphatic carbocycles. The lowest BCUT2D eigenvalue weighted by Gasteiger charge is -2.34. The molecule has 1 saturated heterocycles. The minimum Gasteiger partial charge on any atom is -0.452 e. The van der Waals surface area contributed by atoms with Gasteiger partial charge in [-0.2, -0.15) is 0 Å². The maximum atomic E-state index is 12.4. The maximum absolute atomic E-state index is 12.4. The van der Waals surface area contributed by atoms with Crippen molar-refractivity contribution in [3.8, 4) is 0 Å². The maximum Gasteiger partial charge on any atom is 0.338 e. The summed E-state index contributed by atoms with van der Waals surface area (Å²) >= 11 is 0. The highest BCUT2D eigenvalue weighted by atomic mass is 16.5. The molecule has 2 N–H and O–H groups in total. The Kier molecular flexibility index (Phi) is 7.28. The van der Waals surface area contributed by atoms with Crippen molar-refractivity contribution in [3.63, 3.8) is 0 Å². The van der Waals surface area contributed by atoms with Gasteiger partial charge in [0.1, 0.15) is 0 Å². The van der Waals surface area contributed by atoms with Crippen LogP contribution in [0.15, 0.2) is 73.1 Å². The Morgan fingerprint density at radius 1 is 0.794 bits per heavy atom. The number of aromatic nitrogens is 2. The highest BCUT2D eigenvalue weighted by Crippen LogP contribution is 2.13. The smallest absolute Gasteiger partial charge is 0.338 e. The van der Waals surface area contributed by atoms with Crippen LogP contribution < -0.4 is 15.5 Å². The minimum absolute atomic E-state index is 0.252. The Labute approximate surface area is 196 Å². The van der Waals surface area contributed by atoms with E-state index in [4.69, 9.17) is 4.74 Å². The van der Waals surface area contributed by atoms with Crippen LogP contribution in [0.4, 0.5) is 22.1 Å². The lowest BCUT2D eigenvalue weighted by molar-refractivity contribution is -0.134. The fourth-order valence-corrected chi connectivity index (χ4v) is 3.42. The number of ether oxygens (including phenoxy) is 1. The van der Waals surface area contributed by atoms with E-state index in [-0.39, 0.29) is 18.1 Å². The van der Waals surface area contributed by atoms with E-state index >= 15 is 0 Å². The zero-order valence-electron chi connectivity index (χ0n) is 18.4. The highest BCUT2D eigenvalue weighted by Gasteiger charge is 2.23. The molecule has 10 heteroatoms. The number of anilines is 3. The van der Waals surface area contributed by atoms with Crippen molar-refractivity contribution in [2.45, 2.75) is 0 Å². The molecule has 3 aromatic rings. The molecule has 0 atom stereocenters. The molecule has 10 nitrogen and oxygen atoms in total. The summed E-state index contributed by atoms with van der Waals surface area (Å²) in [5, 5.41) is 5.40. The van der Waals surface area contributed by atoms with Gasteiger partial charge < -0.3 is 25.2 Å². The number of para-hydroxylation sites is 1. The van der Waals surface area contributed by atoms with E-state index in [0.717, 1.165) is 0 Å². The van der Waals surface area contributed by atoms with Gasteiger partial charge in [0.15, 0.2) is 6.61 Å². The Bertz CT molecular complexity index is 1120. The quantitative estimate of drug-likeness (QED) is 0.543. The number of carbonyl (C=O) groups is 3. The number of hydrogen-bond acceptors (Lipinski definition) is 7. The van der Waals surface area contributed by atoms with Crippen molar-refractivity contribution in [2.75, 3.05) is 48.3 Å². The van der Waals surface area contributed by atoms with Crippen LogP contribution >= 0.6 is 0 Å². The van der Waals surface area contributed by atoms with Gasteiger partial charge in [0.2, 0.25) is 5.95 Å². The first-order chi connectivity index (χ1) is 16.6. The number of benzene rings is 2. The summed E-state index contributed by atoms with van der Waals surface area (Å²) in [6.45, 7) is 1.88. The van der Waals surface area contributed by atoms with E-state index in [1.54, 1.807) is 47.6 Å². The van der Waals surface area contributed by atoms with Gasteiger partial charge in [-0.15, -0.1) is 0 Å². The van der Waals surface area contributed by atoms with Crippen molar-refractivity contribution < 1.29 is 19.1 Å². The van der Waals surface area contributed by atoms with E-state index < -0.39 is 12.0 Å². The van der Waals surface area contributed by atoms with Crippen molar-refractivity contribution in [1.29, 1.82) is 0 Å². The summed E-state index contributed by atoms with van der Waals surface area (Å²) in [5.41, 5.74) is 1.47. The molecule has 2 aromatic carbocycles. The number of nitrogens with zero attached hydrogens (tertiary/aromatic N) is 4. The molecular weight excluding hydrogens is 436 g/mol. The third-order valence-corrected chi connectivity index (χ3v) is 5.20. The number of piperazine rings is 1. The summed E-state index contributed by atoms with van der Waals surface area (Å²) in [4.78, 5) is 48.9. The van der Waals surface area contributed by atoms with E-state index in [9.17, 15) is 14.4 Å². The molecule has 1 aliphatic rings. The number of amides is 3. The zero-order chi connectivity index (χ0) is 23.8. The van der Waals surface area contributed by atoms with Crippen molar-refractivity contribution in [2.24, 2.45) is 0 Å². The molecule has 34 heavy (non-hydrogen) atoms. The Balaban J connectivity index is 1.21. The predicted molar refractivity (Wildman–Crippen MR) is 127 cm³/mol. The summed E-state index contributed by atoms with van der Waals surface area (Å²) in [6.07, 6.45) is 3.36. The average Bonchev–Trinajstić information content (AvgIpc) is 2.88. The predicted octanol–water partition coefficient (Wildman–Crippen LogP) is 2.63. The van der Waals surface area contributed by atoms with Crippen molar-refractivity contribution in [1.82, 2.24) is 14.9 Å². The fraction of sp³-hybridized carbons (Fsp3) is 0.208. The van der Waals surface area contributed by atoms with Gasteiger partial charge in [-0.3, -0.25) is 4.79 Å². The zero-order valence-corrected chi connectivity index (χ0v) is 18.4. The number of esters is 1. The lowest BCUT2D eigenvalue weighted by atomic mass is 10.2. The Morgan fingerprint density at radius 3 is 2.06 bits per heavy atom. The third-order valence-electron chi connectivity index (χ3n) is 5.20. The molecule has 0 bridgehead atoms. The van der Waals surface area contributed by atoms with Gasteiger partial charge in [-0.1, -0.05) is 18.2 Å². The topological polar surface area (TPSA) is 117 Å². The minimum atomic E-state index is -0.607. The average molecular weight is 460 g/mol. The number of hydrogen-bond donors (Lipinski definition) is 2. The van der Waals surface area contributed by atoms with Crippen LogP contribution in [0.1, 0.15) is 10.4 Å². The molecule has 0 radical (unpaired) electrons. The monoisotopic (exact) mass is 460 g/mol. The molecule has 1 fully saturated rings. The molecule has 1 aliphatic heterocycles. The van der Waals surface area contributed by atoms with Crippen molar-refractivity contribution >= 4 is 35.2 Å². The molecule has 4 rings (SSSR count). The number of urea groups is 1. The van der Waals surface area contributed by atoms with Crippen LogP contribution in [0.5, 0.6) is 0 Å². The first kappa shape index (κ1) is 22.7. The van der Waals surface area contributed by atoms with Gasteiger partial charge in [0.05, 0.1) is 5.56 Å². The van der Waals surface area contributed by atoms with Crippen LogP contribution in [-0.2, 0) is 9.53 Å². The van der Waals surface area contributed by atoms with Crippen LogP contribution in [0.3, 0.4) is 0 Å². The second-order valence-corrected chi connectivity index (χ2v) is 7.52. The largest absolute Gasteiger partial charge is 0.452 e. The van der Waals surface area contributed by atoms with E-state index in [2.05, 4.69) is 20.6 Å². The first-order valence-corrected chi connectivity index (χ1v) is 10.8. The van der Waals surface area contributed by atoms with Gasteiger partial charge in [-0.25, -0.2) is 19.6 Å².